The molecule has 2 heterocycles. The van der Waals surface area contributed by atoms with Gasteiger partial charge in [0.05, 0.1) is 16.3 Å². The summed E-state index contributed by atoms with van der Waals surface area (Å²) in [6.45, 7) is 4.66. The quantitative estimate of drug-likeness (QED) is 0.689. The lowest BCUT2D eigenvalue weighted by atomic mass is 10.0. The average Bonchev–Trinajstić information content (AvgIpc) is 3.13. The molecule has 0 aliphatic carbocycles. The second-order valence-corrected chi connectivity index (χ2v) is 7.05. The van der Waals surface area contributed by atoms with Gasteiger partial charge in [-0.15, -0.1) is 0 Å². The first-order valence-corrected chi connectivity index (χ1v) is 9.38. The summed E-state index contributed by atoms with van der Waals surface area (Å²) < 4.78 is 1.83. The first-order chi connectivity index (χ1) is 12.7. The van der Waals surface area contributed by atoms with Crippen LogP contribution < -0.4 is 4.80 Å². The maximum Gasteiger partial charge on any atom is 0.211 e. The number of nitrogens with zero attached hydrogens (tertiary/aromatic N) is 3. The van der Waals surface area contributed by atoms with Crippen LogP contribution in [0.25, 0.3) is 11.6 Å². The molecule has 1 aliphatic heterocycles. The van der Waals surface area contributed by atoms with Crippen LogP contribution in [-0.4, -0.2) is 15.4 Å². The zero-order valence-corrected chi connectivity index (χ0v) is 15.5. The van der Waals surface area contributed by atoms with Crippen molar-refractivity contribution in [2.75, 3.05) is 0 Å². The molecule has 3 aromatic rings. The maximum absolute atomic E-state index is 10.7. The number of benzene rings is 2. The molecule has 5 heteroatoms. The zero-order chi connectivity index (χ0) is 18.1. The van der Waals surface area contributed by atoms with E-state index in [1.807, 2.05) is 73.0 Å². The predicted octanol–water partition coefficient (Wildman–Crippen LogP) is 5.15. The Morgan fingerprint density at radius 3 is 2.62 bits per heavy atom. The van der Waals surface area contributed by atoms with E-state index in [9.17, 15) is 5.11 Å². The van der Waals surface area contributed by atoms with Crippen LogP contribution in [0.4, 0.5) is 11.4 Å². The number of aromatic hydroxyl groups is 1. The smallest absolute Gasteiger partial charge is 0.211 e. The number of allylic oxidation sites excluding steroid dienone is 1. The summed E-state index contributed by atoms with van der Waals surface area (Å²) >= 11 is 1.48. The van der Waals surface area contributed by atoms with E-state index in [0.717, 1.165) is 37.9 Å². The number of rotatable bonds is 3. The molecule has 4 rings (SSSR count). The molecule has 0 radical (unpaired) electrons. The van der Waals surface area contributed by atoms with E-state index in [1.54, 1.807) is 0 Å². The third kappa shape index (κ3) is 2.91. The summed E-state index contributed by atoms with van der Waals surface area (Å²) in [4.78, 5) is 10.9. The van der Waals surface area contributed by atoms with Gasteiger partial charge in [-0.05, 0) is 38.1 Å². The summed E-state index contributed by atoms with van der Waals surface area (Å²) in [5, 5.41) is 10.7. The van der Waals surface area contributed by atoms with Crippen molar-refractivity contribution in [3.05, 3.63) is 69.8 Å². The summed E-state index contributed by atoms with van der Waals surface area (Å²) in [5.74, 6) is 0.247. The van der Waals surface area contributed by atoms with E-state index in [0.29, 0.717) is 6.54 Å². The lowest BCUT2D eigenvalue weighted by molar-refractivity contribution is 0.416. The Kier molecular flexibility index (Phi) is 4.31. The first kappa shape index (κ1) is 16.5. The Morgan fingerprint density at radius 1 is 1.12 bits per heavy atom. The number of fused-ring (bicyclic) bond motifs is 1. The molecule has 2 aromatic carbocycles. The van der Waals surface area contributed by atoms with E-state index in [2.05, 4.69) is 11.1 Å². The molecule has 0 unspecified atom stereocenters. The van der Waals surface area contributed by atoms with Gasteiger partial charge in [0.1, 0.15) is 0 Å². The molecule has 4 nitrogen and oxygen atoms in total. The fourth-order valence-corrected chi connectivity index (χ4v) is 4.10. The Labute approximate surface area is 156 Å². The molecule has 26 heavy (non-hydrogen) atoms. The lowest BCUT2D eigenvalue weighted by Gasteiger charge is -2.02. The second-order valence-electron chi connectivity index (χ2n) is 6.04. The highest BCUT2D eigenvalue weighted by Crippen LogP contribution is 2.37. The maximum atomic E-state index is 10.7. The second kappa shape index (κ2) is 6.77. The van der Waals surface area contributed by atoms with Crippen LogP contribution in [0.1, 0.15) is 24.3 Å². The molecule has 0 fully saturated rings. The van der Waals surface area contributed by atoms with Crippen molar-refractivity contribution in [1.82, 2.24) is 4.57 Å². The van der Waals surface area contributed by atoms with Gasteiger partial charge in [0.25, 0.3) is 0 Å². The fraction of sp³-hybridized carbons (Fsp3) is 0.143. The van der Waals surface area contributed by atoms with Crippen LogP contribution in [0.3, 0.4) is 0 Å². The number of hydrogen-bond acceptors (Lipinski definition) is 4. The third-order valence-electron chi connectivity index (χ3n) is 4.35. The molecule has 1 aromatic heterocycles. The van der Waals surface area contributed by atoms with Gasteiger partial charge in [-0.3, -0.25) is 9.56 Å². The number of para-hydroxylation sites is 2. The first-order valence-electron chi connectivity index (χ1n) is 8.56. The minimum atomic E-state index is 0.247. The minimum Gasteiger partial charge on any atom is -0.493 e. The topological polar surface area (TPSA) is 49.9 Å². The largest absolute Gasteiger partial charge is 0.493 e. The lowest BCUT2D eigenvalue weighted by Crippen LogP contribution is -2.12. The van der Waals surface area contributed by atoms with Gasteiger partial charge in [-0.2, -0.15) is 0 Å². The molecular weight excluding hydrogens is 342 g/mol. The van der Waals surface area contributed by atoms with Gasteiger partial charge in [0.2, 0.25) is 5.88 Å². The van der Waals surface area contributed by atoms with Gasteiger partial charge in [0.15, 0.2) is 4.80 Å². The number of thiazole rings is 1. The number of aromatic nitrogens is 1. The predicted molar refractivity (Wildman–Crippen MR) is 108 cm³/mol. The fourth-order valence-electron chi connectivity index (χ4n) is 3.05. The number of aliphatic imine (C=N–C) groups is 1. The van der Waals surface area contributed by atoms with Gasteiger partial charge in [0, 0.05) is 23.4 Å². The van der Waals surface area contributed by atoms with Crippen molar-refractivity contribution >= 4 is 40.1 Å². The van der Waals surface area contributed by atoms with Gasteiger partial charge < -0.3 is 5.11 Å². The van der Waals surface area contributed by atoms with Gasteiger partial charge >= 0.3 is 0 Å². The van der Waals surface area contributed by atoms with Crippen LogP contribution in [-0.2, 0) is 6.54 Å². The average molecular weight is 361 g/mol. The minimum absolute atomic E-state index is 0.247. The van der Waals surface area contributed by atoms with Crippen molar-refractivity contribution in [2.24, 2.45) is 9.98 Å². The molecule has 0 spiro atoms. The summed E-state index contributed by atoms with van der Waals surface area (Å²) in [7, 11) is 0. The van der Waals surface area contributed by atoms with Crippen LogP contribution in [0.5, 0.6) is 5.88 Å². The van der Waals surface area contributed by atoms with Crippen molar-refractivity contribution in [1.29, 1.82) is 0 Å². The summed E-state index contributed by atoms with van der Waals surface area (Å²) in [6, 6.07) is 17.9. The van der Waals surface area contributed by atoms with Crippen LogP contribution >= 0.6 is 11.3 Å². The highest BCUT2D eigenvalue weighted by molar-refractivity contribution is 7.10. The Hall–Kier alpha value is -2.92. The van der Waals surface area contributed by atoms with Gasteiger partial charge in [-0.25, -0.2) is 4.99 Å². The highest BCUT2D eigenvalue weighted by Gasteiger charge is 2.19. The third-order valence-corrected chi connectivity index (χ3v) is 5.37. The van der Waals surface area contributed by atoms with E-state index < -0.39 is 0 Å². The monoisotopic (exact) mass is 361 g/mol. The highest BCUT2D eigenvalue weighted by atomic mass is 32.1. The van der Waals surface area contributed by atoms with E-state index in [1.165, 1.54) is 11.3 Å². The van der Waals surface area contributed by atoms with Crippen LogP contribution in [0, 0.1) is 0 Å². The van der Waals surface area contributed by atoms with E-state index >= 15 is 0 Å². The SMILES string of the molecule is CCn1c(O)c(C=C2C(C)=Nc3ccccc32)sc1=Nc1ccccc1. The molecule has 130 valence electrons. The molecular formula is C21H19N3OS. The van der Waals surface area contributed by atoms with Crippen LogP contribution in [0.15, 0.2) is 64.6 Å². The summed E-state index contributed by atoms with van der Waals surface area (Å²) in [5.41, 5.74) is 4.96. The number of hydrogen-bond donors (Lipinski definition) is 1. The van der Waals surface area contributed by atoms with Crippen molar-refractivity contribution in [3.8, 4) is 5.88 Å². The Morgan fingerprint density at radius 2 is 1.85 bits per heavy atom. The molecule has 0 saturated heterocycles. The molecule has 1 N–H and O–H groups in total. The molecule has 0 amide bonds. The van der Waals surface area contributed by atoms with Crippen molar-refractivity contribution < 1.29 is 5.11 Å². The van der Waals surface area contributed by atoms with E-state index in [-0.39, 0.29) is 5.88 Å². The van der Waals surface area contributed by atoms with E-state index in [4.69, 9.17) is 4.99 Å². The molecule has 0 atom stereocenters. The normalized spacial score (nSPS) is 15.4. The molecule has 1 aliphatic rings. The van der Waals surface area contributed by atoms with Crippen LogP contribution in [0.2, 0.25) is 0 Å². The van der Waals surface area contributed by atoms with Crippen molar-refractivity contribution in [3.63, 3.8) is 0 Å². The molecule has 0 bridgehead atoms. The molecule has 0 saturated carbocycles. The zero-order valence-electron chi connectivity index (χ0n) is 14.7. The van der Waals surface area contributed by atoms with Crippen molar-refractivity contribution in [2.45, 2.75) is 20.4 Å². The standard InChI is InChI=1S/C21H19N3OS/c1-3-24-20(25)19(26-21(24)23-15-9-5-4-6-10-15)13-17-14(2)22-18-12-8-7-11-16(17)18/h4-13,25H,3H2,1-2H3. The van der Waals surface area contributed by atoms with Gasteiger partial charge in [-0.1, -0.05) is 47.7 Å². The Balaban J connectivity index is 1.85. The Bertz CT molecular complexity index is 1090. The summed E-state index contributed by atoms with van der Waals surface area (Å²) in [6.07, 6.45) is 2.01.